The van der Waals surface area contributed by atoms with Gasteiger partial charge in [0.2, 0.25) is 0 Å². The number of hydrogen-bond donors (Lipinski definition) is 2. The Hall–Kier alpha value is -3.45. The topological polar surface area (TPSA) is 95.9 Å². The summed E-state index contributed by atoms with van der Waals surface area (Å²) < 4.78 is 5.42. The third-order valence-electron chi connectivity index (χ3n) is 4.69. The summed E-state index contributed by atoms with van der Waals surface area (Å²) in [5, 5.41) is 8.83. The number of nitrogens with one attached hydrogen (secondary N) is 1. The predicted molar refractivity (Wildman–Crippen MR) is 96.7 cm³/mol. The number of nitrogens with zero attached hydrogens (tertiary/aromatic N) is 1. The Kier molecular flexibility index (Phi) is 4.21. The maximum Gasteiger partial charge on any atom is 0.274 e. The average molecular weight is 364 g/mol. The van der Waals surface area contributed by atoms with Crippen LogP contribution >= 0.6 is 0 Å². The van der Waals surface area contributed by atoms with Crippen LogP contribution in [-0.4, -0.2) is 36.0 Å². The molecular formula is C20H16N2O5. The maximum absolute atomic E-state index is 12.5. The summed E-state index contributed by atoms with van der Waals surface area (Å²) in [6.45, 7) is -0.0524. The highest BCUT2D eigenvalue weighted by Gasteiger charge is 2.29. The average Bonchev–Trinajstić information content (AvgIpc) is 2.69. The molecule has 7 heteroatoms. The van der Waals surface area contributed by atoms with Crippen molar-refractivity contribution in [3.63, 3.8) is 0 Å². The minimum Gasteiger partial charge on any atom is -0.482 e. The molecule has 1 aliphatic heterocycles. The first-order valence-electron chi connectivity index (χ1n) is 8.40. The Morgan fingerprint density at radius 2 is 2.00 bits per heavy atom. The third kappa shape index (κ3) is 3.09. The van der Waals surface area contributed by atoms with Crippen LogP contribution in [0.2, 0.25) is 0 Å². The van der Waals surface area contributed by atoms with E-state index >= 15 is 0 Å². The van der Waals surface area contributed by atoms with Crippen LogP contribution in [0.15, 0.2) is 48.0 Å². The maximum atomic E-state index is 12.5. The van der Waals surface area contributed by atoms with Gasteiger partial charge in [0, 0.05) is 17.6 Å². The zero-order valence-electron chi connectivity index (χ0n) is 14.3. The van der Waals surface area contributed by atoms with Crippen LogP contribution in [0.3, 0.4) is 0 Å². The number of amides is 2. The lowest BCUT2D eigenvalue weighted by molar-refractivity contribution is -0.121. The van der Waals surface area contributed by atoms with E-state index in [1.54, 1.807) is 17.6 Å². The van der Waals surface area contributed by atoms with Crippen LogP contribution in [0.25, 0.3) is 6.08 Å². The first-order valence-corrected chi connectivity index (χ1v) is 8.40. The van der Waals surface area contributed by atoms with Gasteiger partial charge in [0.25, 0.3) is 11.8 Å². The van der Waals surface area contributed by atoms with Gasteiger partial charge < -0.3 is 9.64 Å². The number of hydrogen-bond acceptors (Lipinski definition) is 5. The van der Waals surface area contributed by atoms with E-state index in [1.807, 2.05) is 24.3 Å². The Balaban J connectivity index is 1.71. The third-order valence-corrected chi connectivity index (χ3v) is 4.69. The monoisotopic (exact) mass is 364 g/mol. The number of anilines is 1. The summed E-state index contributed by atoms with van der Waals surface area (Å²) in [7, 11) is 0. The van der Waals surface area contributed by atoms with Crippen molar-refractivity contribution < 1.29 is 24.3 Å². The van der Waals surface area contributed by atoms with Gasteiger partial charge in [0.05, 0.1) is 12.2 Å². The molecule has 7 nitrogen and oxygen atoms in total. The summed E-state index contributed by atoms with van der Waals surface area (Å²) in [6, 6.07) is 12.1. The molecule has 2 aromatic rings. The Bertz CT molecular complexity index is 996. The first-order chi connectivity index (χ1) is 13.1. The zero-order chi connectivity index (χ0) is 19.0. The van der Waals surface area contributed by atoms with E-state index in [0.29, 0.717) is 23.4 Å². The fourth-order valence-electron chi connectivity index (χ4n) is 3.28. The van der Waals surface area contributed by atoms with Gasteiger partial charge in [-0.2, -0.15) is 0 Å². The minimum absolute atomic E-state index is 0.0428. The number of benzene rings is 2. The van der Waals surface area contributed by atoms with E-state index in [2.05, 4.69) is 0 Å². The van der Waals surface area contributed by atoms with Crippen LogP contribution in [0.5, 0.6) is 5.75 Å². The van der Waals surface area contributed by atoms with Gasteiger partial charge in [0.1, 0.15) is 5.75 Å². The molecule has 0 saturated heterocycles. The van der Waals surface area contributed by atoms with Crippen molar-refractivity contribution in [1.82, 2.24) is 5.48 Å². The van der Waals surface area contributed by atoms with Crippen molar-refractivity contribution >= 4 is 29.4 Å². The van der Waals surface area contributed by atoms with Crippen molar-refractivity contribution in [1.29, 1.82) is 0 Å². The van der Waals surface area contributed by atoms with Gasteiger partial charge in [-0.05, 0) is 35.4 Å². The lowest BCUT2D eigenvalue weighted by atomic mass is 9.91. The second-order valence-corrected chi connectivity index (χ2v) is 6.36. The smallest absolute Gasteiger partial charge is 0.274 e. The van der Waals surface area contributed by atoms with Crippen LogP contribution in [0, 0.1) is 0 Å². The van der Waals surface area contributed by atoms with Gasteiger partial charge in [-0.25, -0.2) is 5.48 Å². The highest BCUT2D eigenvalue weighted by atomic mass is 16.5. The molecule has 4 rings (SSSR count). The lowest BCUT2D eigenvalue weighted by Gasteiger charge is -2.31. The Morgan fingerprint density at radius 3 is 2.81 bits per heavy atom. The van der Waals surface area contributed by atoms with Crippen molar-refractivity contribution in [3.05, 3.63) is 64.7 Å². The highest BCUT2D eigenvalue weighted by molar-refractivity contribution is 6.07. The molecule has 0 spiro atoms. The summed E-state index contributed by atoms with van der Waals surface area (Å²) in [4.78, 5) is 38.1. The summed E-state index contributed by atoms with van der Waals surface area (Å²) >= 11 is 0. The van der Waals surface area contributed by atoms with Gasteiger partial charge in [-0.1, -0.05) is 24.3 Å². The summed E-state index contributed by atoms with van der Waals surface area (Å²) in [6.07, 6.45) is 2.09. The molecule has 2 amide bonds. The molecule has 2 aromatic carbocycles. The largest absolute Gasteiger partial charge is 0.482 e. The predicted octanol–water partition coefficient (Wildman–Crippen LogP) is 1.74. The number of fused-ring (bicyclic) bond motifs is 2. The second-order valence-electron chi connectivity index (χ2n) is 6.36. The van der Waals surface area contributed by atoms with Crippen molar-refractivity contribution in [2.24, 2.45) is 0 Å². The number of ketones is 1. The highest BCUT2D eigenvalue weighted by Crippen LogP contribution is 2.34. The Labute approximate surface area is 154 Å². The summed E-state index contributed by atoms with van der Waals surface area (Å²) in [5.74, 6) is -0.610. The summed E-state index contributed by atoms with van der Waals surface area (Å²) in [5.41, 5.74) is 4.57. The molecule has 136 valence electrons. The van der Waals surface area contributed by atoms with Crippen LogP contribution in [0.4, 0.5) is 5.69 Å². The van der Waals surface area contributed by atoms with Crippen LogP contribution in [0.1, 0.15) is 21.5 Å². The van der Waals surface area contributed by atoms with Crippen molar-refractivity contribution in [2.45, 2.75) is 6.42 Å². The van der Waals surface area contributed by atoms with Crippen LogP contribution in [-0.2, 0) is 16.0 Å². The number of carbonyl (C=O) groups excluding carboxylic acids is 3. The Morgan fingerprint density at radius 1 is 1.19 bits per heavy atom. The van der Waals surface area contributed by atoms with E-state index < -0.39 is 5.91 Å². The quantitative estimate of drug-likeness (QED) is 0.639. The van der Waals surface area contributed by atoms with E-state index in [9.17, 15) is 14.4 Å². The van der Waals surface area contributed by atoms with E-state index in [-0.39, 0.29) is 30.4 Å². The number of hydroxylamine groups is 1. The fourth-order valence-corrected chi connectivity index (χ4v) is 3.28. The normalized spacial score (nSPS) is 15.4. The molecule has 0 unspecified atom stereocenters. The van der Waals surface area contributed by atoms with Crippen LogP contribution < -0.4 is 15.1 Å². The molecule has 1 heterocycles. The van der Waals surface area contributed by atoms with E-state index in [0.717, 1.165) is 11.1 Å². The molecule has 0 fully saturated rings. The number of ether oxygens (including phenoxy) is 1. The molecule has 2 aliphatic rings. The standard InChI is InChI=1S/C20H16N2O5/c23-17-9-13-4-2-1-3-12(13)7-15(17)10-22-16-8-14(20(25)21-26)5-6-18(16)27-11-19(22)24/h1-8,26H,9-11H2,(H,21,25). The van der Waals surface area contributed by atoms with Gasteiger partial charge in [-0.3, -0.25) is 19.6 Å². The van der Waals surface area contributed by atoms with Gasteiger partial charge in [-0.15, -0.1) is 0 Å². The molecule has 0 bridgehead atoms. The van der Waals surface area contributed by atoms with E-state index in [1.165, 1.54) is 17.0 Å². The second kappa shape index (κ2) is 6.69. The molecule has 1 aliphatic carbocycles. The van der Waals surface area contributed by atoms with E-state index in [4.69, 9.17) is 9.94 Å². The molecule has 27 heavy (non-hydrogen) atoms. The molecule has 0 aromatic heterocycles. The zero-order valence-corrected chi connectivity index (χ0v) is 14.3. The SMILES string of the molecule is O=C1Cc2ccccc2C=C1CN1C(=O)COc2ccc(C(=O)NO)cc21. The molecular weight excluding hydrogens is 348 g/mol. The minimum atomic E-state index is -0.697. The number of rotatable bonds is 3. The molecule has 0 saturated carbocycles. The first kappa shape index (κ1) is 17.0. The molecule has 0 atom stereocenters. The van der Waals surface area contributed by atoms with Crippen molar-refractivity contribution in [3.8, 4) is 5.75 Å². The van der Waals surface area contributed by atoms with Crippen molar-refractivity contribution in [2.75, 3.05) is 18.1 Å². The fraction of sp³-hybridized carbons (Fsp3) is 0.150. The number of carbonyl (C=O) groups is 3. The van der Waals surface area contributed by atoms with Gasteiger partial charge in [0.15, 0.2) is 12.4 Å². The number of Topliss-reactive ketones (excluding diaryl/α,β-unsaturated/α-hetero) is 1. The molecule has 0 radical (unpaired) electrons. The lowest BCUT2D eigenvalue weighted by Crippen LogP contribution is -2.41. The molecule has 2 N–H and O–H groups in total. The van der Waals surface area contributed by atoms with Gasteiger partial charge >= 0.3 is 0 Å².